The smallest absolute Gasteiger partial charge is 0.154 e. The van der Waals surface area contributed by atoms with Gasteiger partial charge in [0.25, 0.3) is 0 Å². The second kappa shape index (κ2) is 4.68. The fourth-order valence-electron chi connectivity index (χ4n) is 1.16. The lowest BCUT2D eigenvalue weighted by molar-refractivity contribution is -0.112. The summed E-state index contributed by atoms with van der Waals surface area (Å²) < 4.78 is 26.3. The number of nitrogens with one attached hydrogen (secondary N) is 1. The lowest BCUT2D eigenvalue weighted by atomic mass is 10.2. The maximum Gasteiger partial charge on any atom is 0.154 e. The van der Waals surface area contributed by atoms with Crippen LogP contribution in [0, 0.1) is 11.6 Å². The summed E-state index contributed by atoms with van der Waals surface area (Å²) in [5.74, 6) is -1.56. The second-order valence-electron chi connectivity index (χ2n) is 3.16. The van der Waals surface area contributed by atoms with Crippen LogP contribution in [0.2, 0.25) is 0 Å². The summed E-state index contributed by atoms with van der Waals surface area (Å²) in [7, 11) is 0. The zero-order chi connectivity index (χ0) is 11.4. The van der Waals surface area contributed by atoms with Gasteiger partial charge in [-0.2, -0.15) is 0 Å². The standard InChI is InChI=1S/C11H11F2NO/c1-7(6-8(2)15)14-11-9(12)4-3-5-10(11)13/h3-6,14H,1-2H3/b7-6+. The highest BCUT2D eigenvalue weighted by Crippen LogP contribution is 2.19. The number of anilines is 1. The molecule has 0 atom stereocenters. The molecular weight excluding hydrogens is 200 g/mol. The molecule has 0 unspecified atom stereocenters. The van der Waals surface area contributed by atoms with Crippen molar-refractivity contribution in [2.24, 2.45) is 0 Å². The molecule has 2 nitrogen and oxygen atoms in total. The third-order valence-electron chi connectivity index (χ3n) is 1.70. The molecule has 1 N–H and O–H groups in total. The van der Waals surface area contributed by atoms with Crippen molar-refractivity contribution >= 4 is 11.5 Å². The van der Waals surface area contributed by atoms with Crippen molar-refractivity contribution in [3.8, 4) is 0 Å². The van der Waals surface area contributed by atoms with Crippen molar-refractivity contribution in [3.05, 3.63) is 41.6 Å². The summed E-state index contributed by atoms with van der Waals surface area (Å²) in [5, 5.41) is 2.50. The number of benzene rings is 1. The molecule has 0 amide bonds. The number of hydrogen-bond donors (Lipinski definition) is 1. The molecule has 0 bridgehead atoms. The number of carbonyl (C=O) groups excluding carboxylic acids is 1. The molecule has 0 aliphatic carbocycles. The average molecular weight is 211 g/mol. The van der Waals surface area contributed by atoms with Gasteiger partial charge >= 0.3 is 0 Å². The molecule has 1 aromatic rings. The van der Waals surface area contributed by atoms with E-state index in [1.165, 1.54) is 19.1 Å². The van der Waals surface area contributed by atoms with E-state index in [1.54, 1.807) is 6.92 Å². The Kier molecular flexibility index (Phi) is 3.55. The number of rotatable bonds is 3. The van der Waals surface area contributed by atoms with Gasteiger partial charge in [0.15, 0.2) is 5.78 Å². The van der Waals surface area contributed by atoms with E-state index in [4.69, 9.17) is 0 Å². The van der Waals surface area contributed by atoms with Crippen LogP contribution in [0.4, 0.5) is 14.5 Å². The number of hydrogen-bond acceptors (Lipinski definition) is 2. The molecular formula is C11H11F2NO. The van der Waals surface area contributed by atoms with E-state index in [-0.39, 0.29) is 11.5 Å². The number of allylic oxidation sites excluding steroid dienone is 2. The van der Waals surface area contributed by atoms with E-state index < -0.39 is 11.6 Å². The SMILES string of the molecule is CC(=O)/C=C(\C)Nc1c(F)cccc1F. The minimum absolute atomic E-state index is 0.184. The van der Waals surface area contributed by atoms with Gasteiger partial charge < -0.3 is 5.32 Å². The van der Waals surface area contributed by atoms with Crippen LogP contribution in [-0.4, -0.2) is 5.78 Å². The molecule has 4 heteroatoms. The highest BCUT2D eigenvalue weighted by molar-refractivity contribution is 5.88. The predicted molar refractivity (Wildman–Crippen MR) is 54.4 cm³/mol. The average Bonchev–Trinajstić information content (AvgIpc) is 2.10. The van der Waals surface area contributed by atoms with Gasteiger partial charge in [0.05, 0.1) is 0 Å². The Balaban J connectivity index is 2.94. The first-order valence-corrected chi connectivity index (χ1v) is 4.40. The van der Waals surface area contributed by atoms with Gasteiger partial charge in [0, 0.05) is 5.70 Å². The predicted octanol–water partition coefficient (Wildman–Crippen LogP) is 2.87. The van der Waals surface area contributed by atoms with Crippen LogP contribution in [0.1, 0.15) is 13.8 Å². The van der Waals surface area contributed by atoms with E-state index in [0.29, 0.717) is 5.70 Å². The zero-order valence-electron chi connectivity index (χ0n) is 8.47. The summed E-state index contributed by atoms with van der Waals surface area (Å²) in [4.78, 5) is 10.7. The quantitative estimate of drug-likeness (QED) is 0.779. The van der Waals surface area contributed by atoms with E-state index in [2.05, 4.69) is 5.32 Å². The maximum absolute atomic E-state index is 13.1. The molecule has 0 saturated carbocycles. The Bertz CT molecular complexity index is 393. The molecule has 15 heavy (non-hydrogen) atoms. The van der Waals surface area contributed by atoms with Gasteiger partial charge in [-0.25, -0.2) is 8.78 Å². The van der Waals surface area contributed by atoms with E-state index in [1.807, 2.05) is 0 Å². The van der Waals surface area contributed by atoms with Crippen LogP contribution in [0.25, 0.3) is 0 Å². The van der Waals surface area contributed by atoms with Gasteiger partial charge in [-0.3, -0.25) is 4.79 Å². The third-order valence-corrected chi connectivity index (χ3v) is 1.70. The van der Waals surface area contributed by atoms with Gasteiger partial charge in [0.2, 0.25) is 0 Å². The van der Waals surface area contributed by atoms with E-state index in [9.17, 15) is 13.6 Å². The zero-order valence-corrected chi connectivity index (χ0v) is 8.47. The van der Waals surface area contributed by atoms with E-state index in [0.717, 1.165) is 12.1 Å². The van der Waals surface area contributed by atoms with E-state index >= 15 is 0 Å². The second-order valence-corrected chi connectivity index (χ2v) is 3.16. The van der Waals surface area contributed by atoms with Crippen LogP contribution in [0.3, 0.4) is 0 Å². The first-order valence-electron chi connectivity index (χ1n) is 4.40. The minimum atomic E-state index is -0.689. The van der Waals surface area contributed by atoms with Gasteiger partial charge in [0.1, 0.15) is 17.3 Å². The van der Waals surface area contributed by atoms with Crippen molar-refractivity contribution in [2.45, 2.75) is 13.8 Å². The normalized spacial score (nSPS) is 11.3. The van der Waals surface area contributed by atoms with Crippen LogP contribution >= 0.6 is 0 Å². The largest absolute Gasteiger partial charge is 0.354 e. The Labute approximate surface area is 86.6 Å². The maximum atomic E-state index is 13.1. The van der Waals surface area contributed by atoms with Gasteiger partial charge in [-0.1, -0.05) is 6.07 Å². The monoisotopic (exact) mass is 211 g/mol. The highest BCUT2D eigenvalue weighted by Gasteiger charge is 2.07. The molecule has 0 aliphatic heterocycles. The summed E-state index contributed by atoms with van der Waals surface area (Å²) >= 11 is 0. The molecule has 80 valence electrons. The lowest BCUT2D eigenvalue weighted by Crippen LogP contribution is -2.02. The van der Waals surface area contributed by atoms with Crippen molar-refractivity contribution in [3.63, 3.8) is 0 Å². The van der Waals surface area contributed by atoms with Crippen LogP contribution < -0.4 is 5.32 Å². The van der Waals surface area contributed by atoms with Crippen molar-refractivity contribution in [1.82, 2.24) is 0 Å². The molecule has 0 heterocycles. The molecule has 1 aromatic carbocycles. The Morgan fingerprint density at radius 1 is 1.27 bits per heavy atom. The third kappa shape index (κ3) is 3.16. The molecule has 0 spiro atoms. The Morgan fingerprint density at radius 3 is 2.27 bits per heavy atom. The molecule has 0 aliphatic rings. The lowest BCUT2D eigenvalue weighted by Gasteiger charge is -2.08. The number of para-hydroxylation sites is 1. The van der Waals surface area contributed by atoms with Crippen LogP contribution in [-0.2, 0) is 4.79 Å². The highest BCUT2D eigenvalue weighted by atomic mass is 19.1. The minimum Gasteiger partial charge on any atom is -0.354 e. The van der Waals surface area contributed by atoms with Crippen molar-refractivity contribution < 1.29 is 13.6 Å². The molecule has 0 fully saturated rings. The topological polar surface area (TPSA) is 29.1 Å². The van der Waals surface area contributed by atoms with Crippen LogP contribution in [0.5, 0.6) is 0 Å². The Hall–Kier alpha value is -1.71. The molecule has 0 saturated heterocycles. The number of ketones is 1. The molecule has 0 aromatic heterocycles. The number of halogens is 2. The summed E-state index contributed by atoms with van der Waals surface area (Å²) in [6.07, 6.45) is 1.27. The summed E-state index contributed by atoms with van der Waals surface area (Å²) in [5.41, 5.74) is 0.152. The first kappa shape index (κ1) is 11.4. The molecule has 0 radical (unpaired) electrons. The molecule has 1 rings (SSSR count). The number of carbonyl (C=O) groups is 1. The fraction of sp³-hybridized carbons (Fsp3) is 0.182. The fourth-order valence-corrected chi connectivity index (χ4v) is 1.16. The Morgan fingerprint density at radius 2 is 1.80 bits per heavy atom. The van der Waals surface area contributed by atoms with Crippen molar-refractivity contribution in [1.29, 1.82) is 0 Å². The van der Waals surface area contributed by atoms with Crippen LogP contribution in [0.15, 0.2) is 30.0 Å². The van der Waals surface area contributed by atoms with Gasteiger partial charge in [-0.05, 0) is 32.1 Å². The van der Waals surface area contributed by atoms with Gasteiger partial charge in [-0.15, -0.1) is 0 Å². The summed E-state index contributed by atoms with van der Waals surface area (Å²) in [6.45, 7) is 2.93. The summed E-state index contributed by atoms with van der Waals surface area (Å²) in [6, 6.07) is 3.57. The first-order chi connectivity index (χ1) is 7.00. The van der Waals surface area contributed by atoms with Crippen molar-refractivity contribution in [2.75, 3.05) is 5.32 Å².